The fraction of sp³-hybridized carbons (Fsp3) is 0.714. The summed E-state index contributed by atoms with van der Waals surface area (Å²) in [5.74, 6) is 0.317. The molecule has 106 valence electrons. The molecule has 0 amide bonds. The minimum atomic E-state index is -0.684. The molecule has 1 heterocycles. The zero-order valence-corrected chi connectivity index (χ0v) is 11.9. The van der Waals surface area contributed by atoms with Gasteiger partial charge in [0.25, 0.3) is 5.56 Å². The summed E-state index contributed by atoms with van der Waals surface area (Å²) in [6, 6.07) is 0. The number of aliphatic hydroxyl groups is 1. The smallest absolute Gasteiger partial charge is 0.293 e. The molecule has 0 spiro atoms. The molecule has 5 nitrogen and oxygen atoms in total. The molecule has 0 radical (unpaired) electrons. The molecule has 0 saturated heterocycles. The molecule has 1 aliphatic rings. The molecule has 1 aliphatic carbocycles. The second-order valence-corrected chi connectivity index (χ2v) is 6.41. The fourth-order valence-corrected chi connectivity index (χ4v) is 2.52. The predicted octanol–water partition coefficient (Wildman–Crippen LogP) is 1.72. The first-order valence-electron chi connectivity index (χ1n) is 6.86. The first kappa shape index (κ1) is 14.1. The Balaban J connectivity index is 2.15. The Bertz CT molecular complexity index is 496. The number of aromatic nitrogens is 2. The Morgan fingerprint density at radius 1 is 1.42 bits per heavy atom. The van der Waals surface area contributed by atoms with Crippen LogP contribution in [0.4, 0.5) is 5.82 Å². The van der Waals surface area contributed by atoms with Crippen molar-refractivity contribution in [2.45, 2.75) is 57.6 Å². The van der Waals surface area contributed by atoms with Crippen LogP contribution >= 0.6 is 0 Å². The standard InChI is InChI=1S/C14H23N3O2/c1-13(2,3)17-9-8-15-11(12(17)18)16-10-14(19)6-4-5-7-14/h8-9,19H,4-7,10H2,1-3H3,(H,15,16). The zero-order valence-electron chi connectivity index (χ0n) is 11.9. The molecular weight excluding hydrogens is 242 g/mol. The molecular formula is C14H23N3O2. The van der Waals surface area contributed by atoms with Crippen molar-refractivity contribution in [3.63, 3.8) is 0 Å². The highest BCUT2D eigenvalue weighted by atomic mass is 16.3. The van der Waals surface area contributed by atoms with Gasteiger partial charge in [0, 0.05) is 24.5 Å². The third-order valence-corrected chi connectivity index (χ3v) is 3.68. The van der Waals surface area contributed by atoms with Crippen LogP contribution in [0.1, 0.15) is 46.5 Å². The number of hydrogen-bond acceptors (Lipinski definition) is 4. The number of anilines is 1. The Kier molecular flexibility index (Phi) is 3.67. The summed E-state index contributed by atoms with van der Waals surface area (Å²) < 4.78 is 1.65. The van der Waals surface area contributed by atoms with Gasteiger partial charge in [-0.3, -0.25) is 4.79 Å². The van der Waals surface area contributed by atoms with Gasteiger partial charge < -0.3 is 15.0 Å². The van der Waals surface area contributed by atoms with Gasteiger partial charge in [0.1, 0.15) is 0 Å². The van der Waals surface area contributed by atoms with E-state index in [2.05, 4.69) is 10.3 Å². The molecule has 2 N–H and O–H groups in total. The van der Waals surface area contributed by atoms with Crippen LogP contribution < -0.4 is 10.9 Å². The van der Waals surface area contributed by atoms with Crippen molar-refractivity contribution in [2.75, 3.05) is 11.9 Å². The third kappa shape index (κ3) is 3.15. The van der Waals surface area contributed by atoms with E-state index in [1.54, 1.807) is 17.0 Å². The van der Waals surface area contributed by atoms with Crippen LogP contribution in [0.3, 0.4) is 0 Å². The van der Waals surface area contributed by atoms with Crippen molar-refractivity contribution in [1.82, 2.24) is 9.55 Å². The van der Waals surface area contributed by atoms with Crippen molar-refractivity contribution in [2.24, 2.45) is 0 Å². The second kappa shape index (κ2) is 4.96. The molecule has 0 atom stereocenters. The monoisotopic (exact) mass is 265 g/mol. The van der Waals surface area contributed by atoms with E-state index in [1.165, 1.54) is 0 Å². The molecule has 2 rings (SSSR count). The Morgan fingerprint density at radius 3 is 2.63 bits per heavy atom. The molecule has 1 fully saturated rings. The molecule has 1 saturated carbocycles. The van der Waals surface area contributed by atoms with Crippen molar-refractivity contribution in [3.8, 4) is 0 Å². The largest absolute Gasteiger partial charge is 0.388 e. The summed E-state index contributed by atoms with van der Waals surface area (Å²) in [6.45, 7) is 6.32. The van der Waals surface area contributed by atoms with Crippen LogP contribution in [-0.4, -0.2) is 26.8 Å². The van der Waals surface area contributed by atoms with Crippen molar-refractivity contribution in [1.29, 1.82) is 0 Å². The fourth-order valence-electron chi connectivity index (χ4n) is 2.52. The van der Waals surface area contributed by atoms with Crippen molar-refractivity contribution < 1.29 is 5.11 Å². The third-order valence-electron chi connectivity index (χ3n) is 3.68. The molecule has 1 aromatic rings. The molecule has 0 aromatic carbocycles. The second-order valence-electron chi connectivity index (χ2n) is 6.41. The summed E-state index contributed by atoms with van der Waals surface area (Å²) >= 11 is 0. The Morgan fingerprint density at radius 2 is 2.05 bits per heavy atom. The summed E-state index contributed by atoms with van der Waals surface area (Å²) in [7, 11) is 0. The van der Waals surface area contributed by atoms with E-state index in [4.69, 9.17) is 0 Å². The minimum Gasteiger partial charge on any atom is -0.388 e. The maximum Gasteiger partial charge on any atom is 0.293 e. The van der Waals surface area contributed by atoms with Crippen LogP contribution in [0.15, 0.2) is 17.2 Å². The van der Waals surface area contributed by atoms with Crippen LogP contribution in [0.5, 0.6) is 0 Å². The Labute approximate surface area is 113 Å². The first-order valence-corrected chi connectivity index (χ1v) is 6.86. The number of nitrogens with one attached hydrogen (secondary N) is 1. The van der Waals surface area contributed by atoms with E-state index in [0.29, 0.717) is 12.4 Å². The summed E-state index contributed by atoms with van der Waals surface area (Å²) in [4.78, 5) is 16.4. The normalized spacial score (nSPS) is 18.5. The first-order chi connectivity index (χ1) is 8.82. The molecule has 19 heavy (non-hydrogen) atoms. The molecule has 0 aliphatic heterocycles. The minimum absolute atomic E-state index is 0.142. The van der Waals surface area contributed by atoms with Gasteiger partial charge in [-0.15, -0.1) is 0 Å². The molecule has 0 bridgehead atoms. The summed E-state index contributed by atoms with van der Waals surface area (Å²) in [5, 5.41) is 13.3. The molecule has 1 aromatic heterocycles. The SMILES string of the molecule is CC(C)(C)n1ccnc(NCC2(O)CCCC2)c1=O. The Hall–Kier alpha value is -1.36. The topological polar surface area (TPSA) is 67.2 Å². The van der Waals surface area contributed by atoms with Gasteiger partial charge in [-0.1, -0.05) is 12.8 Å². The van der Waals surface area contributed by atoms with Crippen LogP contribution in [0, 0.1) is 0 Å². The lowest BCUT2D eigenvalue weighted by Crippen LogP contribution is -2.38. The van der Waals surface area contributed by atoms with Gasteiger partial charge in [0.05, 0.1) is 5.60 Å². The van der Waals surface area contributed by atoms with Gasteiger partial charge in [0.15, 0.2) is 5.82 Å². The molecule has 5 heteroatoms. The summed E-state index contributed by atoms with van der Waals surface area (Å²) in [6.07, 6.45) is 6.99. The van der Waals surface area contributed by atoms with Crippen LogP contribution in [-0.2, 0) is 5.54 Å². The van der Waals surface area contributed by atoms with E-state index in [0.717, 1.165) is 25.7 Å². The summed E-state index contributed by atoms with van der Waals surface area (Å²) in [5.41, 5.74) is -1.10. The highest BCUT2D eigenvalue weighted by Crippen LogP contribution is 2.29. The lowest BCUT2D eigenvalue weighted by atomic mass is 10.0. The predicted molar refractivity (Wildman–Crippen MR) is 75.4 cm³/mol. The van der Waals surface area contributed by atoms with Crippen molar-refractivity contribution >= 4 is 5.82 Å². The molecule has 0 unspecified atom stereocenters. The van der Waals surface area contributed by atoms with Gasteiger partial charge >= 0.3 is 0 Å². The van der Waals surface area contributed by atoms with Gasteiger partial charge in [-0.25, -0.2) is 4.98 Å². The van der Waals surface area contributed by atoms with E-state index >= 15 is 0 Å². The van der Waals surface area contributed by atoms with Crippen LogP contribution in [0.2, 0.25) is 0 Å². The lowest BCUT2D eigenvalue weighted by Gasteiger charge is -2.25. The van der Waals surface area contributed by atoms with Gasteiger partial charge in [0.2, 0.25) is 0 Å². The van der Waals surface area contributed by atoms with Crippen molar-refractivity contribution in [3.05, 3.63) is 22.7 Å². The van der Waals surface area contributed by atoms with E-state index < -0.39 is 5.60 Å². The number of rotatable bonds is 3. The average molecular weight is 265 g/mol. The van der Waals surface area contributed by atoms with Gasteiger partial charge in [-0.2, -0.15) is 0 Å². The van der Waals surface area contributed by atoms with E-state index in [9.17, 15) is 9.90 Å². The maximum atomic E-state index is 12.3. The zero-order chi connectivity index (χ0) is 14.1. The van der Waals surface area contributed by atoms with E-state index in [-0.39, 0.29) is 11.1 Å². The van der Waals surface area contributed by atoms with E-state index in [1.807, 2.05) is 20.8 Å². The average Bonchev–Trinajstić information content (AvgIpc) is 2.74. The number of hydrogen-bond donors (Lipinski definition) is 2. The maximum absolute atomic E-state index is 12.3. The van der Waals surface area contributed by atoms with Crippen LogP contribution in [0.25, 0.3) is 0 Å². The van der Waals surface area contributed by atoms with Gasteiger partial charge in [-0.05, 0) is 33.6 Å². The highest BCUT2D eigenvalue weighted by molar-refractivity contribution is 5.32. The quantitative estimate of drug-likeness (QED) is 0.873. The highest BCUT2D eigenvalue weighted by Gasteiger charge is 2.31. The number of nitrogens with zero attached hydrogens (tertiary/aromatic N) is 2. The lowest BCUT2D eigenvalue weighted by molar-refractivity contribution is 0.0613.